The molecule has 1 rings (SSSR count). The van der Waals surface area contributed by atoms with Crippen molar-refractivity contribution in [2.75, 3.05) is 19.8 Å². The fraction of sp³-hybridized carbons (Fsp3) is 0.714. The molecule has 0 saturated carbocycles. The van der Waals surface area contributed by atoms with Crippen molar-refractivity contribution in [3.05, 3.63) is 0 Å². The van der Waals surface area contributed by atoms with Gasteiger partial charge in [0.15, 0.2) is 5.11 Å². The van der Waals surface area contributed by atoms with E-state index in [1.54, 1.807) is 0 Å². The highest BCUT2D eigenvalue weighted by Gasteiger charge is 2.33. The summed E-state index contributed by atoms with van der Waals surface area (Å²) >= 11 is 4.73. The molecule has 0 unspecified atom stereocenters. The van der Waals surface area contributed by atoms with Crippen LogP contribution in [0.15, 0.2) is 0 Å². The number of hydrogen-bond donors (Lipinski definition) is 3. The Kier molecular flexibility index (Phi) is 3.05. The first-order valence-electron chi connectivity index (χ1n) is 3.87. The van der Waals surface area contributed by atoms with Crippen molar-refractivity contribution in [3.63, 3.8) is 0 Å². The lowest BCUT2D eigenvalue weighted by Crippen LogP contribution is -2.51. The maximum absolute atomic E-state index is 10.2. The monoisotopic (exact) mass is 204 g/mol. The summed E-state index contributed by atoms with van der Waals surface area (Å²) in [6.07, 6.45) is -1.15. The molecule has 1 fully saturated rings. The van der Waals surface area contributed by atoms with E-state index in [1.807, 2.05) is 6.92 Å². The van der Waals surface area contributed by atoms with Crippen molar-refractivity contribution in [3.8, 4) is 0 Å². The van der Waals surface area contributed by atoms with E-state index in [4.69, 9.17) is 22.1 Å². The summed E-state index contributed by atoms with van der Waals surface area (Å²) in [6.45, 7) is 4.06. The lowest BCUT2D eigenvalue weighted by Gasteiger charge is -2.38. The van der Waals surface area contributed by atoms with Gasteiger partial charge in [0.2, 0.25) is 0 Å². The van der Waals surface area contributed by atoms with Crippen molar-refractivity contribution < 1.29 is 14.6 Å². The van der Waals surface area contributed by atoms with Crippen LogP contribution in [0.3, 0.4) is 0 Å². The topological polar surface area (TPSA) is 70.6 Å². The Bertz CT molecular complexity index is 228. The van der Waals surface area contributed by atoms with Gasteiger partial charge >= 0.3 is 6.09 Å². The second kappa shape index (κ2) is 3.89. The third-order valence-electron chi connectivity index (χ3n) is 1.80. The second-order valence-electron chi connectivity index (χ2n) is 3.42. The molecule has 1 aliphatic heterocycles. The molecular weight excluding hydrogens is 192 g/mol. The lowest BCUT2D eigenvalue weighted by molar-refractivity contribution is -0.0970. The van der Waals surface area contributed by atoms with Gasteiger partial charge in [-0.3, -0.25) is 5.32 Å². The Balaban J connectivity index is 2.18. The Morgan fingerprint density at radius 1 is 1.69 bits per heavy atom. The molecule has 0 aromatic carbocycles. The van der Waals surface area contributed by atoms with Crippen LogP contribution in [-0.4, -0.2) is 36.1 Å². The summed E-state index contributed by atoms with van der Waals surface area (Å²) in [5, 5.41) is 13.3. The minimum Gasteiger partial charge on any atom is -0.465 e. The van der Waals surface area contributed by atoms with Crippen molar-refractivity contribution >= 4 is 23.4 Å². The standard InChI is InChI=1S/C7H12N2O3S/c1-7(3-12-4-7)2-8-5(13)9-6(10)11/h2-4H2,1H3,(H,10,11)(H2,8,9,13). The largest absolute Gasteiger partial charge is 0.465 e. The van der Waals surface area contributed by atoms with Crippen LogP contribution in [0.2, 0.25) is 0 Å². The van der Waals surface area contributed by atoms with Gasteiger partial charge in [-0.15, -0.1) is 0 Å². The molecule has 6 heteroatoms. The normalized spacial score (nSPS) is 18.5. The first-order chi connectivity index (χ1) is 6.02. The van der Waals surface area contributed by atoms with Gasteiger partial charge in [0.05, 0.1) is 13.2 Å². The van der Waals surface area contributed by atoms with Gasteiger partial charge in [-0.25, -0.2) is 4.79 Å². The molecule has 0 aliphatic carbocycles. The zero-order chi connectivity index (χ0) is 9.90. The average Bonchev–Trinajstić information content (AvgIpc) is 1.96. The predicted octanol–water partition coefficient (Wildman–Crippen LogP) is 0.165. The summed E-state index contributed by atoms with van der Waals surface area (Å²) in [5.41, 5.74) is 0.0875. The molecule has 0 aromatic rings. The van der Waals surface area contributed by atoms with Crippen LogP contribution in [0, 0.1) is 5.41 Å². The molecule has 0 radical (unpaired) electrons. The third kappa shape index (κ3) is 3.16. The number of nitrogens with one attached hydrogen (secondary N) is 2. The van der Waals surface area contributed by atoms with E-state index in [2.05, 4.69) is 10.6 Å². The Morgan fingerprint density at radius 3 is 2.69 bits per heavy atom. The van der Waals surface area contributed by atoms with Gasteiger partial charge in [0, 0.05) is 12.0 Å². The molecular formula is C7H12N2O3S. The van der Waals surface area contributed by atoms with E-state index in [1.165, 1.54) is 0 Å². The molecule has 3 N–H and O–H groups in total. The third-order valence-corrected chi connectivity index (χ3v) is 2.04. The van der Waals surface area contributed by atoms with Crippen LogP contribution in [0.1, 0.15) is 6.92 Å². The Hall–Kier alpha value is -0.880. The molecule has 1 saturated heterocycles. The number of hydrogen-bond acceptors (Lipinski definition) is 3. The van der Waals surface area contributed by atoms with Gasteiger partial charge in [-0.2, -0.15) is 0 Å². The minimum absolute atomic E-state index is 0.0875. The molecule has 74 valence electrons. The van der Waals surface area contributed by atoms with E-state index in [0.717, 1.165) is 0 Å². The quantitative estimate of drug-likeness (QED) is 0.559. The van der Waals surface area contributed by atoms with Gasteiger partial charge in [-0.1, -0.05) is 6.92 Å². The number of carbonyl (C=O) groups is 1. The van der Waals surface area contributed by atoms with Gasteiger partial charge < -0.3 is 15.2 Å². The Labute approximate surface area is 81.5 Å². The summed E-state index contributed by atoms with van der Waals surface area (Å²) in [5.74, 6) is 0. The number of amides is 1. The zero-order valence-electron chi connectivity index (χ0n) is 7.29. The van der Waals surface area contributed by atoms with E-state index < -0.39 is 6.09 Å². The summed E-state index contributed by atoms with van der Waals surface area (Å²) in [4.78, 5) is 10.2. The van der Waals surface area contributed by atoms with E-state index in [-0.39, 0.29) is 10.5 Å². The maximum atomic E-state index is 10.2. The van der Waals surface area contributed by atoms with Crippen LogP contribution in [-0.2, 0) is 4.74 Å². The lowest BCUT2D eigenvalue weighted by atomic mass is 9.89. The van der Waals surface area contributed by atoms with Crippen molar-refractivity contribution in [2.24, 2.45) is 5.41 Å². The number of carboxylic acid groups (broad SMARTS) is 1. The molecule has 5 nitrogen and oxygen atoms in total. The van der Waals surface area contributed by atoms with Crippen LogP contribution in [0.4, 0.5) is 4.79 Å². The molecule has 1 aliphatic rings. The maximum Gasteiger partial charge on any atom is 0.410 e. The van der Waals surface area contributed by atoms with Gasteiger partial charge in [-0.05, 0) is 12.2 Å². The minimum atomic E-state index is -1.15. The van der Waals surface area contributed by atoms with Gasteiger partial charge in [0.25, 0.3) is 0 Å². The molecule has 0 spiro atoms. The van der Waals surface area contributed by atoms with Crippen LogP contribution < -0.4 is 10.6 Å². The van der Waals surface area contributed by atoms with Gasteiger partial charge in [0.1, 0.15) is 0 Å². The highest BCUT2D eigenvalue weighted by molar-refractivity contribution is 7.80. The highest BCUT2D eigenvalue weighted by atomic mass is 32.1. The van der Waals surface area contributed by atoms with E-state index in [9.17, 15) is 4.79 Å². The van der Waals surface area contributed by atoms with Crippen molar-refractivity contribution in [1.29, 1.82) is 0 Å². The van der Waals surface area contributed by atoms with Crippen LogP contribution >= 0.6 is 12.2 Å². The zero-order valence-corrected chi connectivity index (χ0v) is 8.11. The molecule has 0 atom stereocenters. The fourth-order valence-corrected chi connectivity index (χ4v) is 1.15. The van der Waals surface area contributed by atoms with Crippen LogP contribution in [0.5, 0.6) is 0 Å². The van der Waals surface area contributed by atoms with E-state index >= 15 is 0 Å². The molecule has 1 amide bonds. The smallest absolute Gasteiger partial charge is 0.410 e. The number of thiocarbonyl (C=S) groups is 1. The molecule has 13 heavy (non-hydrogen) atoms. The first kappa shape index (κ1) is 10.2. The molecule has 1 heterocycles. The first-order valence-corrected chi connectivity index (χ1v) is 4.28. The summed E-state index contributed by atoms with van der Waals surface area (Å²) in [7, 11) is 0. The molecule has 0 aromatic heterocycles. The number of ether oxygens (including phenoxy) is 1. The summed E-state index contributed by atoms with van der Waals surface area (Å²) < 4.78 is 5.03. The predicted molar refractivity (Wildman–Crippen MR) is 50.7 cm³/mol. The number of rotatable bonds is 2. The van der Waals surface area contributed by atoms with E-state index in [0.29, 0.717) is 19.8 Å². The van der Waals surface area contributed by atoms with Crippen LogP contribution in [0.25, 0.3) is 0 Å². The molecule has 0 bridgehead atoms. The second-order valence-corrected chi connectivity index (χ2v) is 3.82. The SMILES string of the molecule is CC1(CNC(=S)NC(=O)O)COC1. The van der Waals surface area contributed by atoms with Crippen molar-refractivity contribution in [1.82, 2.24) is 10.6 Å². The Morgan fingerprint density at radius 2 is 2.31 bits per heavy atom. The summed E-state index contributed by atoms with van der Waals surface area (Å²) in [6, 6.07) is 0. The highest BCUT2D eigenvalue weighted by Crippen LogP contribution is 2.24. The average molecular weight is 204 g/mol. The van der Waals surface area contributed by atoms with Crippen molar-refractivity contribution in [2.45, 2.75) is 6.92 Å². The fourth-order valence-electron chi connectivity index (χ4n) is 0.988.